The number of amides is 8. The average Bonchev–Trinajstić information content (AvgIpc) is 4.16. The largest absolute Gasteiger partial charge is 0.465 e. The number of nitrogens with zero attached hydrogens (tertiary/aromatic N) is 7. The minimum atomic E-state index is -3.02. The molecule has 6 rings (SSSR count). The molecule has 8 amide bonds. The number of aryl methyl sites for hydroxylation is 1. The summed E-state index contributed by atoms with van der Waals surface area (Å²) in [7, 11) is 0. The van der Waals surface area contributed by atoms with E-state index in [1.54, 1.807) is 17.9 Å². The molecule has 6 N–H and O–H groups in total. The van der Waals surface area contributed by atoms with E-state index in [0.717, 1.165) is 62.6 Å². The molecule has 4 aliphatic rings. The topological polar surface area (TPSA) is 294 Å². The standard InChI is InChI=1S/C29H43N6O9.C13H17NOS.C10H11F2N3O2.Re/c36-22-24(10-4-5-12-30-25(37)11-6-9-23-7-2-1-3-8-23)31-26(38)21-32-13-15-33(27(39)40)17-19-35(29(43)44)20-18-34(16-14-32)28(41)42;1-3-16-9-12-6-4-5-11-7-14(10(2)15)8-13(11)12;11-10(12)3-6(4-13)15(5-10)9(17)7-1-2-8(16)14-7;/h2-3,7-8,22,24H,4-6,9-21H2,(H,30,37)(H,31,38)(H,39,40)(H,41,42)(H,43,44);4-6H,3,7-9H2,1-2H3;6-7H,1-3,5H2,(H,14,16);/q-1;;;. The van der Waals surface area contributed by atoms with Gasteiger partial charge in [0.2, 0.25) is 29.5 Å². The van der Waals surface area contributed by atoms with Gasteiger partial charge in [-0.1, -0.05) is 31.5 Å². The summed E-state index contributed by atoms with van der Waals surface area (Å²) in [6, 6.07) is 16.1. The Labute approximate surface area is 471 Å². The van der Waals surface area contributed by atoms with Crippen LogP contribution in [0.25, 0.3) is 0 Å². The summed E-state index contributed by atoms with van der Waals surface area (Å²) in [5.41, 5.74) is 5.25. The smallest absolute Gasteiger partial charge is 0.407 e. The van der Waals surface area contributed by atoms with E-state index in [1.807, 2.05) is 40.9 Å². The third-order valence-electron chi connectivity index (χ3n) is 13.2. The quantitative estimate of drug-likeness (QED) is 0.0745. The number of hydrogen-bond donors (Lipinski definition) is 6. The molecule has 22 nitrogen and oxygen atoms in total. The van der Waals surface area contributed by atoms with Crippen LogP contribution in [0.2, 0.25) is 0 Å². The molecule has 1 radical (unpaired) electrons. The molecular formula is C52H71F2N10O12ReS-. The number of rotatable bonds is 17. The third-order valence-corrected chi connectivity index (χ3v) is 14.2. The number of nitriles is 1. The Morgan fingerprint density at radius 3 is 2.04 bits per heavy atom. The summed E-state index contributed by atoms with van der Waals surface area (Å²) in [4.78, 5) is 113. The fraction of sp³-hybridized carbons (Fsp3) is 0.577. The van der Waals surface area contributed by atoms with Gasteiger partial charge in [-0.25, -0.2) is 23.2 Å². The van der Waals surface area contributed by atoms with Crippen molar-refractivity contribution in [3.05, 3.63) is 70.8 Å². The first kappa shape index (κ1) is 65.9. The van der Waals surface area contributed by atoms with Gasteiger partial charge in [0.05, 0.1) is 25.2 Å². The monoisotopic (exact) mass is 1280 g/mol. The van der Waals surface area contributed by atoms with E-state index in [0.29, 0.717) is 44.9 Å². The number of likely N-dealkylation sites (tertiary alicyclic amines) is 1. The molecule has 2 aromatic rings. The Balaban J connectivity index is 0.000000379. The second kappa shape index (κ2) is 33.8. The van der Waals surface area contributed by atoms with Crippen LogP contribution in [0.4, 0.5) is 23.2 Å². The predicted octanol–water partition coefficient (Wildman–Crippen LogP) is 3.86. The summed E-state index contributed by atoms with van der Waals surface area (Å²) < 4.78 is 26.2. The molecule has 0 aromatic heterocycles. The van der Waals surface area contributed by atoms with Gasteiger partial charge < -0.3 is 60.6 Å². The van der Waals surface area contributed by atoms with Crippen molar-refractivity contribution in [2.75, 3.05) is 77.7 Å². The third kappa shape index (κ3) is 22.5. The maximum Gasteiger partial charge on any atom is 0.407 e. The number of carbonyl (C=O) groups is 9. The summed E-state index contributed by atoms with van der Waals surface area (Å²) in [5, 5.41) is 45.2. The van der Waals surface area contributed by atoms with E-state index in [2.05, 4.69) is 47.1 Å². The average molecular weight is 1280 g/mol. The van der Waals surface area contributed by atoms with Gasteiger partial charge in [-0.2, -0.15) is 52.9 Å². The molecule has 2 aromatic carbocycles. The van der Waals surface area contributed by atoms with E-state index >= 15 is 0 Å². The van der Waals surface area contributed by atoms with Gasteiger partial charge in [0.25, 0.3) is 5.92 Å². The minimum absolute atomic E-state index is 0. The number of benzene rings is 2. The summed E-state index contributed by atoms with van der Waals surface area (Å²) in [6.45, 7) is 4.56. The number of aldehydes is 1. The van der Waals surface area contributed by atoms with E-state index < -0.39 is 67.1 Å². The molecule has 26 heteroatoms. The number of carbonyl (C=O) groups excluding carboxylic acids is 6. The maximum absolute atomic E-state index is 13.1. The fourth-order valence-corrected chi connectivity index (χ4v) is 9.58. The SMILES string of the molecule is CCSCc1cccc2c1CN(C(C)=O)C2.N#CC1CC(F)(F)CN1C(=O)C1CCC(=O)N1.O=CC(CCCCNC(=O)CCCc1cc[c-]cc1)NC(=O)CN1CCN(C(=O)O)CCN(C(=O)O)CCN(C(=O)O)CC1.[Re]. The fourth-order valence-electron chi connectivity index (χ4n) is 8.89. The van der Waals surface area contributed by atoms with Gasteiger partial charge in [-0.3, -0.25) is 28.9 Å². The normalized spacial score (nSPS) is 18.6. The van der Waals surface area contributed by atoms with Gasteiger partial charge in [0.15, 0.2) is 0 Å². The van der Waals surface area contributed by atoms with Crippen LogP contribution in [0.3, 0.4) is 0 Å². The first-order valence-corrected chi connectivity index (χ1v) is 26.8. The van der Waals surface area contributed by atoms with Crippen LogP contribution in [0.15, 0.2) is 42.5 Å². The maximum atomic E-state index is 13.1. The molecule has 78 heavy (non-hydrogen) atoms. The molecule has 3 unspecified atom stereocenters. The number of unbranched alkanes of at least 4 members (excludes halogenated alkanes) is 1. The molecule has 0 bridgehead atoms. The number of hydrogen-bond acceptors (Lipinski definition) is 12. The number of alkyl halides is 2. The number of carboxylic acid groups (broad SMARTS) is 3. The Bertz CT molecular complexity index is 2360. The van der Waals surface area contributed by atoms with E-state index in [4.69, 9.17) is 5.26 Å². The van der Waals surface area contributed by atoms with E-state index in [1.165, 1.54) is 16.7 Å². The first-order chi connectivity index (χ1) is 36.7. The van der Waals surface area contributed by atoms with Crippen molar-refractivity contribution >= 4 is 65.9 Å². The van der Waals surface area contributed by atoms with Gasteiger partial charge in [-0.05, 0) is 54.5 Å². The zero-order valence-electron chi connectivity index (χ0n) is 44.0. The van der Waals surface area contributed by atoms with Crippen molar-refractivity contribution in [1.29, 1.82) is 5.26 Å². The Kier molecular flexibility index (Phi) is 28.5. The molecule has 4 aliphatic heterocycles. The number of halogens is 2. The van der Waals surface area contributed by atoms with Crippen molar-refractivity contribution in [3.8, 4) is 6.07 Å². The Morgan fingerprint density at radius 2 is 1.50 bits per heavy atom. The Hall–Kier alpha value is -6.41. The second-order valence-electron chi connectivity index (χ2n) is 18.9. The molecule has 0 saturated carbocycles. The number of fused-ring (bicyclic) bond motifs is 1. The van der Waals surface area contributed by atoms with Crippen LogP contribution in [0.5, 0.6) is 0 Å². The van der Waals surface area contributed by atoms with Gasteiger partial charge in [0.1, 0.15) is 18.4 Å². The number of nitrogens with one attached hydrogen (secondary N) is 3. The summed E-state index contributed by atoms with van der Waals surface area (Å²) in [5.74, 6) is -2.00. The van der Waals surface area contributed by atoms with E-state index in [-0.39, 0.29) is 103 Å². The van der Waals surface area contributed by atoms with Crippen LogP contribution >= 0.6 is 11.8 Å². The van der Waals surface area contributed by atoms with Gasteiger partial charge in [-0.15, -0.1) is 0 Å². The molecule has 3 fully saturated rings. The van der Waals surface area contributed by atoms with Crippen molar-refractivity contribution in [2.45, 2.75) is 115 Å². The first-order valence-electron chi connectivity index (χ1n) is 25.7. The summed E-state index contributed by atoms with van der Waals surface area (Å²) in [6.07, 6.45) is 0.308. The van der Waals surface area contributed by atoms with Crippen LogP contribution in [0, 0.1) is 17.4 Å². The van der Waals surface area contributed by atoms with Crippen LogP contribution in [-0.4, -0.2) is 201 Å². The van der Waals surface area contributed by atoms with Crippen LogP contribution in [-0.2, 0) is 74.5 Å². The molecule has 0 aliphatic carbocycles. The molecular weight excluding hydrogens is 1210 g/mol. The minimum Gasteiger partial charge on any atom is -0.465 e. The number of thioether (sulfide) groups is 1. The van der Waals surface area contributed by atoms with Crippen LogP contribution < -0.4 is 16.0 Å². The van der Waals surface area contributed by atoms with Crippen molar-refractivity contribution in [3.63, 3.8) is 0 Å². The van der Waals surface area contributed by atoms with Crippen molar-refractivity contribution in [1.82, 2.24) is 45.3 Å². The second-order valence-corrected chi connectivity index (χ2v) is 20.2. The van der Waals surface area contributed by atoms with E-state index in [9.17, 15) is 67.3 Å². The van der Waals surface area contributed by atoms with Crippen molar-refractivity contribution < 1.29 is 87.7 Å². The molecule has 4 heterocycles. The van der Waals surface area contributed by atoms with Crippen LogP contribution in [0.1, 0.15) is 87.5 Å². The van der Waals surface area contributed by atoms with Crippen molar-refractivity contribution in [2.24, 2.45) is 0 Å². The van der Waals surface area contributed by atoms with Gasteiger partial charge in [0, 0.05) is 124 Å². The Morgan fingerprint density at radius 1 is 0.885 bits per heavy atom. The molecule has 0 spiro atoms. The predicted molar refractivity (Wildman–Crippen MR) is 278 cm³/mol. The summed E-state index contributed by atoms with van der Waals surface area (Å²) >= 11 is 1.93. The molecule has 3 atom stereocenters. The molecule has 3 saturated heterocycles. The van der Waals surface area contributed by atoms with Gasteiger partial charge >= 0.3 is 18.3 Å². The molecule has 429 valence electrons. The zero-order valence-corrected chi connectivity index (χ0v) is 47.5. The zero-order chi connectivity index (χ0) is 56.5.